The van der Waals surface area contributed by atoms with Gasteiger partial charge in [0.05, 0.1) is 11.8 Å². The zero-order valence-corrected chi connectivity index (χ0v) is 12.2. The molecule has 0 spiro atoms. The number of carboxylic acid groups (broad SMARTS) is 1. The monoisotopic (exact) mass is 258 g/mol. The molecule has 0 bridgehead atoms. The first kappa shape index (κ1) is 16.9. The van der Waals surface area contributed by atoms with E-state index in [0.29, 0.717) is 12.8 Å². The van der Waals surface area contributed by atoms with Crippen molar-refractivity contribution >= 4 is 11.9 Å². The van der Waals surface area contributed by atoms with E-state index in [2.05, 4.69) is 0 Å². The topological polar surface area (TPSA) is 63.6 Å². The Labute approximate surface area is 110 Å². The fraction of sp³-hybridized carbons (Fsp3) is 0.857. The largest absolute Gasteiger partial charge is 0.481 e. The lowest BCUT2D eigenvalue weighted by Crippen LogP contribution is -2.29. The zero-order chi connectivity index (χ0) is 14.3. The molecule has 0 aliphatic heterocycles. The van der Waals surface area contributed by atoms with Gasteiger partial charge in [-0.1, -0.05) is 26.7 Å². The fourth-order valence-electron chi connectivity index (χ4n) is 1.72. The van der Waals surface area contributed by atoms with Gasteiger partial charge < -0.3 is 9.84 Å². The van der Waals surface area contributed by atoms with Gasteiger partial charge in [-0.05, 0) is 33.6 Å². The second-order valence-electron chi connectivity index (χ2n) is 5.85. The van der Waals surface area contributed by atoms with Crippen LogP contribution in [-0.2, 0) is 14.3 Å². The van der Waals surface area contributed by atoms with Gasteiger partial charge in [0.2, 0.25) is 0 Å². The molecule has 0 heterocycles. The Bertz CT molecular complexity index is 278. The normalized spacial score (nSPS) is 14.9. The smallest absolute Gasteiger partial charge is 0.309 e. The molecular formula is C14H26O4. The van der Waals surface area contributed by atoms with Crippen molar-refractivity contribution in [1.82, 2.24) is 0 Å². The van der Waals surface area contributed by atoms with E-state index in [-0.39, 0.29) is 11.9 Å². The molecule has 0 aliphatic carbocycles. The molecule has 0 fully saturated rings. The van der Waals surface area contributed by atoms with Crippen LogP contribution < -0.4 is 0 Å². The molecule has 0 aliphatic rings. The first-order chi connectivity index (χ1) is 8.17. The van der Waals surface area contributed by atoms with Crippen molar-refractivity contribution in [2.24, 2.45) is 11.8 Å². The van der Waals surface area contributed by atoms with Crippen molar-refractivity contribution in [2.75, 3.05) is 0 Å². The van der Waals surface area contributed by atoms with E-state index < -0.39 is 17.5 Å². The number of carbonyl (C=O) groups is 2. The molecule has 2 unspecified atom stereocenters. The number of hydrogen-bond acceptors (Lipinski definition) is 3. The summed E-state index contributed by atoms with van der Waals surface area (Å²) in [6.07, 6.45) is 2.81. The molecule has 0 aromatic rings. The number of carbonyl (C=O) groups excluding carboxylic acids is 1. The van der Waals surface area contributed by atoms with E-state index in [1.54, 1.807) is 6.92 Å². The Morgan fingerprint density at radius 1 is 1.28 bits per heavy atom. The van der Waals surface area contributed by atoms with Gasteiger partial charge in [-0.2, -0.15) is 0 Å². The van der Waals surface area contributed by atoms with Gasteiger partial charge >= 0.3 is 11.9 Å². The average molecular weight is 258 g/mol. The van der Waals surface area contributed by atoms with Crippen LogP contribution in [0.15, 0.2) is 0 Å². The predicted molar refractivity (Wildman–Crippen MR) is 70.3 cm³/mol. The third kappa shape index (κ3) is 7.30. The number of rotatable bonds is 7. The van der Waals surface area contributed by atoms with Crippen LogP contribution in [0.5, 0.6) is 0 Å². The van der Waals surface area contributed by atoms with Crippen molar-refractivity contribution in [1.29, 1.82) is 0 Å². The van der Waals surface area contributed by atoms with Crippen LogP contribution in [0.2, 0.25) is 0 Å². The third-order valence-electron chi connectivity index (χ3n) is 2.70. The third-order valence-corrected chi connectivity index (χ3v) is 2.70. The molecule has 106 valence electrons. The summed E-state index contributed by atoms with van der Waals surface area (Å²) in [7, 11) is 0. The summed E-state index contributed by atoms with van der Waals surface area (Å²) in [5, 5.41) is 9.11. The van der Waals surface area contributed by atoms with Crippen LogP contribution >= 0.6 is 0 Å². The Hall–Kier alpha value is -1.06. The van der Waals surface area contributed by atoms with E-state index in [1.165, 1.54) is 0 Å². The zero-order valence-electron chi connectivity index (χ0n) is 12.2. The molecule has 0 rings (SSSR count). The maximum atomic E-state index is 11.8. The number of ether oxygens (including phenoxy) is 1. The van der Waals surface area contributed by atoms with Crippen molar-refractivity contribution in [3.05, 3.63) is 0 Å². The van der Waals surface area contributed by atoms with E-state index in [4.69, 9.17) is 9.84 Å². The molecule has 2 atom stereocenters. The van der Waals surface area contributed by atoms with Crippen molar-refractivity contribution in [2.45, 2.75) is 65.9 Å². The summed E-state index contributed by atoms with van der Waals surface area (Å²) in [4.78, 5) is 22.9. The second-order valence-corrected chi connectivity index (χ2v) is 5.85. The highest BCUT2D eigenvalue weighted by Gasteiger charge is 2.27. The lowest BCUT2D eigenvalue weighted by molar-refractivity contribution is -0.160. The van der Waals surface area contributed by atoms with Crippen LogP contribution in [0.4, 0.5) is 0 Å². The van der Waals surface area contributed by atoms with E-state index >= 15 is 0 Å². The maximum Gasteiger partial charge on any atom is 0.309 e. The number of carboxylic acids is 1. The van der Waals surface area contributed by atoms with Gasteiger partial charge in [-0.25, -0.2) is 0 Å². The maximum absolute atomic E-state index is 11.8. The SMILES string of the molecule is CCCCC(CC(C)C(=O)OC(C)(C)C)C(=O)O. The van der Waals surface area contributed by atoms with Crippen LogP contribution in [0.25, 0.3) is 0 Å². The van der Waals surface area contributed by atoms with Crippen LogP contribution in [-0.4, -0.2) is 22.6 Å². The molecule has 0 radical (unpaired) electrons. The number of hydrogen-bond donors (Lipinski definition) is 1. The van der Waals surface area contributed by atoms with Crippen molar-refractivity contribution in [3.63, 3.8) is 0 Å². The van der Waals surface area contributed by atoms with E-state index in [1.807, 2.05) is 27.7 Å². The van der Waals surface area contributed by atoms with Gasteiger partial charge in [-0.15, -0.1) is 0 Å². The summed E-state index contributed by atoms with van der Waals surface area (Å²) >= 11 is 0. The average Bonchev–Trinajstić information content (AvgIpc) is 2.20. The van der Waals surface area contributed by atoms with Crippen LogP contribution in [0.1, 0.15) is 60.3 Å². The second kappa shape index (κ2) is 7.39. The predicted octanol–water partition coefficient (Wildman–Crippen LogP) is 3.25. The Morgan fingerprint density at radius 3 is 2.22 bits per heavy atom. The highest BCUT2D eigenvalue weighted by molar-refractivity contribution is 5.75. The quantitative estimate of drug-likeness (QED) is 0.712. The minimum Gasteiger partial charge on any atom is -0.481 e. The molecular weight excluding hydrogens is 232 g/mol. The van der Waals surface area contributed by atoms with E-state index in [0.717, 1.165) is 12.8 Å². The van der Waals surface area contributed by atoms with Gasteiger partial charge in [0.15, 0.2) is 0 Å². The Morgan fingerprint density at radius 2 is 1.83 bits per heavy atom. The molecule has 1 N–H and O–H groups in total. The Kier molecular flexibility index (Phi) is 6.96. The number of esters is 1. The van der Waals surface area contributed by atoms with Gasteiger partial charge in [0.25, 0.3) is 0 Å². The summed E-state index contributed by atoms with van der Waals surface area (Å²) in [5.74, 6) is -1.96. The van der Waals surface area contributed by atoms with E-state index in [9.17, 15) is 9.59 Å². The summed E-state index contributed by atoms with van der Waals surface area (Å²) in [5.41, 5.74) is -0.520. The minimum absolute atomic E-state index is 0.315. The molecule has 4 heteroatoms. The first-order valence-corrected chi connectivity index (χ1v) is 6.63. The van der Waals surface area contributed by atoms with Crippen molar-refractivity contribution in [3.8, 4) is 0 Å². The first-order valence-electron chi connectivity index (χ1n) is 6.63. The highest BCUT2D eigenvalue weighted by Crippen LogP contribution is 2.21. The van der Waals surface area contributed by atoms with Crippen molar-refractivity contribution < 1.29 is 19.4 Å². The molecule has 0 aromatic carbocycles. The summed E-state index contributed by atoms with van der Waals surface area (Å²) < 4.78 is 5.25. The number of unbranched alkanes of at least 4 members (excludes halogenated alkanes) is 1. The lowest BCUT2D eigenvalue weighted by atomic mass is 9.91. The fourth-order valence-corrected chi connectivity index (χ4v) is 1.72. The van der Waals surface area contributed by atoms with Gasteiger partial charge in [0.1, 0.15) is 5.60 Å². The molecule has 0 saturated carbocycles. The standard InChI is InChI=1S/C14H26O4/c1-6-7-8-11(12(15)16)9-10(2)13(17)18-14(3,4)5/h10-11H,6-9H2,1-5H3,(H,15,16). The molecule has 0 aromatic heterocycles. The molecule has 18 heavy (non-hydrogen) atoms. The Balaban J connectivity index is 4.36. The van der Waals surface area contributed by atoms with Gasteiger partial charge in [-0.3, -0.25) is 9.59 Å². The van der Waals surface area contributed by atoms with Crippen LogP contribution in [0, 0.1) is 11.8 Å². The molecule has 0 amide bonds. The van der Waals surface area contributed by atoms with Crippen LogP contribution in [0.3, 0.4) is 0 Å². The highest BCUT2D eigenvalue weighted by atomic mass is 16.6. The molecule has 4 nitrogen and oxygen atoms in total. The molecule has 0 saturated heterocycles. The number of aliphatic carboxylic acids is 1. The van der Waals surface area contributed by atoms with Gasteiger partial charge in [0, 0.05) is 0 Å². The summed E-state index contributed by atoms with van der Waals surface area (Å²) in [6, 6.07) is 0. The minimum atomic E-state index is -0.821. The summed E-state index contributed by atoms with van der Waals surface area (Å²) in [6.45, 7) is 9.18. The lowest BCUT2D eigenvalue weighted by Gasteiger charge is -2.23.